The molecule has 2 rings (SSSR count). The van der Waals surface area contributed by atoms with Crippen LogP contribution in [-0.4, -0.2) is 15.7 Å². The standard InChI is InChI=1S/C17H19ClN2O/c1-3-14(2)20-12-10-16(19-20)13-21-17-9-5-4-7-15(17)8-6-11-18/h4-5,7,9-10,12,14H,3,11,13H2,1-2H3. The molecule has 0 bridgehead atoms. The van der Waals surface area contributed by atoms with E-state index in [0.717, 1.165) is 23.4 Å². The Morgan fingerprint density at radius 1 is 1.33 bits per heavy atom. The first-order chi connectivity index (χ1) is 10.2. The highest BCUT2D eigenvalue weighted by molar-refractivity contribution is 6.19. The summed E-state index contributed by atoms with van der Waals surface area (Å²) in [4.78, 5) is 0. The summed E-state index contributed by atoms with van der Waals surface area (Å²) in [6.07, 6.45) is 3.05. The zero-order valence-electron chi connectivity index (χ0n) is 12.3. The number of aromatic nitrogens is 2. The molecule has 0 spiro atoms. The fourth-order valence-corrected chi connectivity index (χ4v) is 1.93. The molecule has 0 saturated carbocycles. The molecule has 3 nitrogen and oxygen atoms in total. The maximum atomic E-state index is 5.83. The van der Waals surface area contributed by atoms with Crippen LogP contribution in [0, 0.1) is 11.8 Å². The van der Waals surface area contributed by atoms with Gasteiger partial charge in [-0.05, 0) is 31.5 Å². The highest BCUT2D eigenvalue weighted by atomic mass is 35.5. The van der Waals surface area contributed by atoms with Gasteiger partial charge in [0.15, 0.2) is 0 Å². The van der Waals surface area contributed by atoms with Gasteiger partial charge in [-0.3, -0.25) is 4.68 Å². The van der Waals surface area contributed by atoms with Crippen molar-refractivity contribution in [3.63, 3.8) is 0 Å². The van der Waals surface area contributed by atoms with Gasteiger partial charge in [0.1, 0.15) is 12.4 Å². The van der Waals surface area contributed by atoms with Crippen LogP contribution in [0.2, 0.25) is 0 Å². The van der Waals surface area contributed by atoms with Crippen LogP contribution in [0.4, 0.5) is 0 Å². The van der Waals surface area contributed by atoms with Gasteiger partial charge in [-0.15, -0.1) is 11.6 Å². The minimum absolute atomic E-state index is 0.313. The number of benzene rings is 1. The minimum Gasteiger partial charge on any atom is -0.486 e. The van der Waals surface area contributed by atoms with E-state index in [9.17, 15) is 0 Å². The van der Waals surface area contributed by atoms with Gasteiger partial charge in [-0.25, -0.2) is 0 Å². The number of halogens is 1. The Hall–Kier alpha value is -1.92. The van der Waals surface area contributed by atoms with Gasteiger partial charge in [-0.1, -0.05) is 30.9 Å². The van der Waals surface area contributed by atoms with Crippen molar-refractivity contribution in [3.05, 3.63) is 47.8 Å². The molecular formula is C17H19ClN2O. The smallest absolute Gasteiger partial charge is 0.135 e. The summed E-state index contributed by atoms with van der Waals surface area (Å²) in [5.41, 5.74) is 1.76. The molecular weight excluding hydrogens is 284 g/mol. The lowest BCUT2D eigenvalue weighted by Crippen LogP contribution is -2.06. The maximum Gasteiger partial charge on any atom is 0.135 e. The number of para-hydroxylation sites is 1. The number of alkyl halides is 1. The number of rotatable bonds is 5. The minimum atomic E-state index is 0.313. The van der Waals surface area contributed by atoms with Crippen molar-refractivity contribution in [2.24, 2.45) is 0 Å². The number of ether oxygens (including phenoxy) is 1. The van der Waals surface area contributed by atoms with E-state index in [1.165, 1.54) is 0 Å². The molecule has 0 amide bonds. The zero-order chi connectivity index (χ0) is 15.1. The van der Waals surface area contributed by atoms with Gasteiger partial charge in [-0.2, -0.15) is 5.10 Å². The van der Waals surface area contributed by atoms with Crippen molar-refractivity contribution in [3.8, 4) is 17.6 Å². The van der Waals surface area contributed by atoms with E-state index in [0.29, 0.717) is 18.5 Å². The molecule has 1 unspecified atom stereocenters. The third-order valence-corrected chi connectivity index (χ3v) is 3.39. The van der Waals surface area contributed by atoms with Crippen molar-refractivity contribution in [1.82, 2.24) is 9.78 Å². The van der Waals surface area contributed by atoms with E-state index in [1.807, 2.05) is 41.2 Å². The number of hydrogen-bond acceptors (Lipinski definition) is 2. The van der Waals surface area contributed by atoms with Gasteiger partial charge in [0.25, 0.3) is 0 Å². The highest BCUT2D eigenvalue weighted by Crippen LogP contribution is 2.18. The van der Waals surface area contributed by atoms with Crippen LogP contribution in [0.25, 0.3) is 0 Å². The molecule has 21 heavy (non-hydrogen) atoms. The molecule has 0 aliphatic heterocycles. The fourth-order valence-electron chi connectivity index (χ4n) is 1.86. The highest BCUT2D eigenvalue weighted by Gasteiger charge is 2.06. The predicted octanol–water partition coefficient (Wildman–Crippen LogP) is 4.02. The lowest BCUT2D eigenvalue weighted by atomic mass is 10.2. The second kappa shape index (κ2) is 7.75. The van der Waals surface area contributed by atoms with Gasteiger partial charge in [0.05, 0.1) is 17.1 Å². The van der Waals surface area contributed by atoms with Gasteiger partial charge in [0.2, 0.25) is 0 Å². The molecule has 0 N–H and O–H groups in total. The molecule has 4 heteroatoms. The summed E-state index contributed by atoms with van der Waals surface area (Å²) in [5, 5.41) is 4.52. The molecule has 1 atom stereocenters. The Balaban J connectivity index is 2.05. The van der Waals surface area contributed by atoms with E-state index < -0.39 is 0 Å². The lowest BCUT2D eigenvalue weighted by Gasteiger charge is -2.09. The molecule has 1 aromatic heterocycles. The van der Waals surface area contributed by atoms with E-state index in [-0.39, 0.29) is 0 Å². The van der Waals surface area contributed by atoms with Crippen LogP contribution in [-0.2, 0) is 6.61 Å². The second-order valence-corrected chi connectivity index (χ2v) is 5.03. The molecule has 0 radical (unpaired) electrons. The molecule has 0 saturated heterocycles. The van der Waals surface area contributed by atoms with Crippen LogP contribution in [0.15, 0.2) is 36.5 Å². The molecule has 2 aromatic rings. The average molecular weight is 303 g/mol. The first kappa shape index (κ1) is 15.5. The van der Waals surface area contributed by atoms with Crippen molar-refractivity contribution in [2.75, 3.05) is 5.88 Å². The zero-order valence-corrected chi connectivity index (χ0v) is 13.1. The van der Waals surface area contributed by atoms with Gasteiger partial charge >= 0.3 is 0 Å². The molecule has 1 heterocycles. The summed E-state index contributed by atoms with van der Waals surface area (Å²) in [5.74, 6) is 6.92. The molecule has 110 valence electrons. The van der Waals surface area contributed by atoms with Crippen molar-refractivity contribution in [2.45, 2.75) is 32.9 Å². The Bertz CT molecular complexity index is 639. The number of hydrogen-bond donors (Lipinski definition) is 0. The monoisotopic (exact) mass is 302 g/mol. The van der Waals surface area contributed by atoms with E-state index in [4.69, 9.17) is 16.3 Å². The second-order valence-electron chi connectivity index (χ2n) is 4.76. The average Bonchev–Trinajstić information content (AvgIpc) is 3.00. The SMILES string of the molecule is CCC(C)n1ccc(COc2ccccc2C#CCCl)n1. The quantitative estimate of drug-likeness (QED) is 0.616. The molecule has 0 aliphatic rings. The summed E-state index contributed by atoms with van der Waals surface area (Å²) < 4.78 is 7.80. The lowest BCUT2D eigenvalue weighted by molar-refractivity contribution is 0.297. The first-order valence-corrected chi connectivity index (χ1v) is 7.58. The normalized spacial score (nSPS) is 11.6. The topological polar surface area (TPSA) is 27.1 Å². The van der Waals surface area contributed by atoms with Crippen LogP contribution < -0.4 is 4.74 Å². The van der Waals surface area contributed by atoms with Gasteiger partial charge in [0, 0.05) is 12.2 Å². The van der Waals surface area contributed by atoms with Gasteiger partial charge < -0.3 is 4.74 Å². The Kier molecular flexibility index (Phi) is 5.71. The van der Waals surface area contributed by atoms with Crippen LogP contribution >= 0.6 is 11.6 Å². The fraction of sp³-hybridized carbons (Fsp3) is 0.353. The van der Waals surface area contributed by atoms with E-state index in [1.54, 1.807) is 0 Å². The molecule has 1 aromatic carbocycles. The maximum absolute atomic E-state index is 5.83. The van der Waals surface area contributed by atoms with Crippen LogP contribution in [0.3, 0.4) is 0 Å². The first-order valence-electron chi connectivity index (χ1n) is 7.05. The third-order valence-electron chi connectivity index (χ3n) is 3.26. The number of nitrogens with zero attached hydrogens (tertiary/aromatic N) is 2. The molecule has 0 fully saturated rings. The summed E-state index contributed by atoms with van der Waals surface area (Å²) in [6, 6.07) is 10.1. The Morgan fingerprint density at radius 2 is 2.14 bits per heavy atom. The summed E-state index contributed by atoms with van der Waals surface area (Å²) >= 11 is 5.60. The predicted molar refractivity (Wildman–Crippen MR) is 85.6 cm³/mol. The Morgan fingerprint density at radius 3 is 2.90 bits per heavy atom. The van der Waals surface area contributed by atoms with Crippen LogP contribution in [0.5, 0.6) is 5.75 Å². The third kappa shape index (κ3) is 4.27. The van der Waals surface area contributed by atoms with Crippen molar-refractivity contribution >= 4 is 11.6 Å². The van der Waals surface area contributed by atoms with Crippen molar-refractivity contribution in [1.29, 1.82) is 0 Å². The Labute approximate surface area is 130 Å². The molecule has 0 aliphatic carbocycles. The summed E-state index contributed by atoms with van der Waals surface area (Å²) in [7, 11) is 0. The van der Waals surface area contributed by atoms with E-state index in [2.05, 4.69) is 30.8 Å². The largest absolute Gasteiger partial charge is 0.486 e. The van der Waals surface area contributed by atoms with Crippen molar-refractivity contribution < 1.29 is 4.74 Å². The van der Waals surface area contributed by atoms with Crippen LogP contribution in [0.1, 0.15) is 37.6 Å². The van der Waals surface area contributed by atoms with E-state index >= 15 is 0 Å². The summed E-state index contributed by atoms with van der Waals surface area (Å²) in [6.45, 7) is 4.73.